The molecule has 0 aliphatic carbocycles. The predicted octanol–water partition coefficient (Wildman–Crippen LogP) is -1.50. The summed E-state index contributed by atoms with van der Waals surface area (Å²) in [6.45, 7) is 3.59. The molecule has 2 aliphatic rings. The third-order valence-corrected chi connectivity index (χ3v) is 4.03. The van der Waals surface area contributed by atoms with Gasteiger partial charge in [-0.05, 0) is 20.3 Å². The molecule has 4 amide bonds. The summed E-state index contributed by atoms with van der Waals surface area (Å²) in [6.07, 6.45) is 1.21. The number of rotatable bonds is 4. The fourth-order valence-electron chi connectivity index (χ4n) is 2.82. The highest BCUT2D eigenvalue weighted by Crippen LogP contribution is 2.27. The number of carbonyl (C=O) groups is 4. The lowest BCUT2D eigenvalue weighted by molar-refractivity contribution is -0.144. The van der Waals surface area contributed by atoms with Gasteiger partial charge in [0, 0.05) is 13.0 Å². The van der Waals surface area contributed by atoms with Crippen molar-refractivity contribution in [1.29, 1.82) is 0 Å². The van der Waals surface area contributed by atoms with Gasteiger partial charge in [0.25, 0.3) is 0 Å². The van der Waals surface area contributed by atoms with Gasteiger partial charge in [0.2, 0.25) is 23.6 Å². The van der Waals surface area contributed by atoms with Gasteiger partial charge in [-0.1, -0.05) is 0 Å². The van der Waals surface area contributed by atoms with E-state index >= 15 is 0 Å². The quantitative estimate of drug-likeness (QED) is 0.681. The summed E-state index contributed by atoms with van der Waals surface area (Å²) in [4.78, 5) is 51.2. The van der Waals surface area contributed by atoms with Gasteiger partial charge >= 0.3 is 0 Å². The minimum Gasteiger partial charge on any atom is -0.368 e. The summed E-state index contributed by atoms with van der Waals surface area (Å²) >= 11 is 0. The Morgan fingerprint density at radius 2 is 1.86 bits per heavy atom. The molecule has 116 valence electrons. The first-order valence-electron chi connectivity index (χ1n) is 6.90. The van der Waals surface area contributed by atoms with Crippen LogP contribution in [0.15, 0.2) is 0 Å². The fraction of sp³-hybridized carbons (Fsp3) is 0.692. The molecular weight excluding hydrogens is 276 g/mol. The lowest BCUT2D eigenvalue weighted by Crippen LogP contribution is -2.55. The number of nitrogens with two attached hydrogens (primary N) is 1. The average Bonchev–Trinajstić information content (AvgIpc) is 2.85. The van der Waals surface area contributed by atoms with Crippen molar-refractivity contribution in [2.24, 2.45) is 5.73 Å². The second kappa shape index (κ2) is 5.34. The molecule has 0 aromatic carbocycles. The smallest absolute Gasteiger partial charge is 0.244 e. The zero-order valence-electron chi connectivity index (χ0n) is 12.3. The van der Waals surface area contributed by atoms with Gasteiger partial charge in [-0.2, -0.15) is 0 Å². The van der Waals surface area contributed by atoms with Crippen LogP contribution in [0.2, 0.25) is 0 Å². The molecule has 0 spiro atoms. The number of nitrogens with zero attached hydrogens (tertiary/aromatic N) is 3. The van der Waals surface area contributed by atoms with Crippen LogP contribution in [0, 0.1) is 0 Å². The summed E-state index contributed by atoms with van der Waals surface area (Å²) in [7, 11) is 0. The van der Waals surface area contributed by atoms with E-state index in [0.29, 0.717) is 13.0 Å². The Balaban J connectivity index is 2.09. The van der Waals surface area contributed by atoms with Gasteiger partial charge in [0.15, 0.2) is 0 Å². The fourth-order valence-corrected chi connectivity index (χ4v) is 2.82. The molecule has 2 saturated heterocycles. The van der Waals surface area contributed by atoms with Crippen LogP contribution in [-0.2, 0) is 19.2 Å². The molecule has 2 fully saturated rings. The number of amides is 4. The van der Waals surface area contributed by atoms with Gasteiger partial charge in [-0.25, -0.2) is 0 Å². The van der Waals surface area contributed by atoms with Crippen LogP contribution in [-0.4, -0.2) is 70.2 Å². The molecule has 0 aromatic rings. The van der Waals surface area contributed by atoms with Crippen LogP contribution in [0.1, 0.15) is 26.7 Å². The topological polar surface area (TPSA) is 104 Å². The number of carbonyl (C=O) groups excluding carboxylic acids is 4. The summed E-state index contributed by atoms with van der Waals surface area (Å²) in [5.41, 5.74) is 4.21. The van der Waals surface area contributed by atoms with Crippen molar-refractivity contribution < 1.29 is 19.2 Å². The van der Waals surface area contributed by atoms with Gasteiger partial charge in [-0.3, -0.25) is 19.2 Å². The molecule has 0 atom stereocenters. The molecule has 0 aromatic heterocycles. The first-order valence-corrected chi connectivity index (χ1v) is 6.90. The predicted molar refractivity (Wildman–Crippen MR) is 72.5 cm³/mol. The zero-order valence-corrected chi connectivity index (χ0v) is 12.3. The molecule has 2 heterocycles. The maximum Gasteiger partial charge on any atom is 0.244 e. The molecule has 8 nitrogen and oxygen atoms in total. The minimum atomic E-state index is -0.925. The van der Waals surface area contributed by atoms with Gasteiger partial charge < -0.3 is 20.4 Å². The Bertz CT molecular complexity index is 502. The van der Waals surface area contributed by atoms with E-state index in [1.54, 1.807) is 13.8 Å². The monoisotopic (exact) mass is 296 g/mol. The van der Waals surface area contributed by atoms with E-state index in [9.17, 15) is 19.2 Å². The summed E-state index contributed by atoms with van der Waals surface area (Å²) in [6, 6.07) is 0. The minimum absolute atomic E-state index is 0.0278. The lowest BCUT2D eigenvalue weighted by Gasteiger charge is -2.37. The number of primary amides is 1. The molecule has 2 rings (SSSR count). The standard InChI is InChI=1S/C13H20N4O4/c1-13(2)16(6-9(14)18)12(21)8-17(13)11(20)7-15-5-3-4-10(15)19/h3-8H2,1-2H3,(H2,14,18). The maximum absolute atomic E-state index is 12.4. The molecule has 0 saturated carbocycles. The SMILES string of the molecule is CC1(C)N(CC(N)=O)C(=O)CN1C(=O)CN1CCCC1=O. The largest absolute Gasteiger partial charge is 0.368 e. The van der Waals surface area contributed by atoms with Crippen molar-refractivity contribution in [1.82, 2.24) is 14.7 Å². The normalized spacial score (nSPS) is 21.3. The lowest BCUT2D eigenvalue weighted by atomic mass is 10.2. The van der Waals surface area contributed by atoms with Crippen molar-refractivity contribution in [2.75, 3.05) is 26.2 Å². The maximum atomic E-state index is 12.4. The first kappa shape index (κ1) is 15.3. The molecule has 21 heavy (non-hydrogen) atoms. The van der Waals surface area contributed by atoms with E-state index in [1.165, 1.54) is 14.7 Å². The number of hydrogen-bond acceptors (Lipinski definition) is 4. The molecule has 0 unspecified atom stereocenters. The van der Waals surface area contributed by atoms with Crippen molar-refractivity contribution in [3.8, 4) is 0 Å². The highest BCUT2D eigenvalue weighted by Gasteiger charge is 2.47. The Labute approximate surface area is 122 Å². The Morgan fingerprint density at radius 3 is 2.38 bits per heavy atom. The van der Waals surface area contributed by atoms with Crippen molar-refractivity contribution in [3.63, 3.8) is 0 Å². The Hall–Kier alpha value is -2.12. The van der Waals surface area contributed by atoms with Crippen LogP contribution in [0.4, 0.5) is 0 Å². The molecule has 8 heteroatoms. The van der Waals surface area contributed by atoms with Crippen LogP contribution < -0.4 is 5.73 Å². The molecular formula is C13H20N4O4. The van der Waals surface area contributed by atoms with E-state index in [2.05, 4.69) is 0 Å². The zero-order chi connectivity index (χ0) is 15.8. The molecule has 0 bridgehead atoms. The summed E-state index contributed by atoms with van der Waals surface area (Å²) < 4.78 is 0. The van der Waals surface area contributed by atoms with Crippen LogP contribution in [0.3, 0.4) is 0 Å². The van der Waals surface area contributed by atoms with Gasteiger partial charge in [0.1, 0.15) is 18.8 Å². The summed E-state index contributed by atoms with van der Waals surface area (Å²) in [5, 5.41) is 0. The van der Waals surface area contributed by atoms with Crippen molar-refractivity contribution in [3.05, 3.63) is 0 Å². The summed E-state index contributed by atoms with van der Waals surface area (Å²) in [5.74, 6) is -1.28. The number of likely N-dealkylation sites (tertiary alicyclic amines) is 1. The van der Waals surface area contributed by atoms with Crippen LogP contribution in [0.25, 0.3) is 0 Å². The third-order valence-electron chi connectivity index (χ3n) is 4.03. The first-order chi connectivity index (χ1) is 9.73. The highest BCUT2D eigenvalue weighted by molar-refractivity contribution is 5.93. The van der Waals surface area contributed by atoms with Gasteiger partial charge in [-0.15, -0.1) is 0 Å². The highest BCUT2D eigenvalue weighted by atomic mass is 16.2. The van der Waals surface area contributed by atoms with E-state index in [4.69, 9.17) is 5.73 Å². The Morgan fingerprint density at radius 1 is 1.19 bits per heavy atom. The molecule has 2 N–H and O–H groups in total. The second-order valence-electron chi connectivity index (χ2n) is 5.84. The van der Waals surface area contributed by atoms with Crippen molar-refractivity contribution >= 4 is 23.6 Å². The number of hydrogen-bond donors (Lipinski definition) is 1. The molecule has 2 aliphatic heterocycles. The molecule has 0 radical (unpaired) electrons. The van der Waals surface area contributed by atoms with Crippen LogP contribution in [0.5, 0.6) is 0 Å². The Kier molecular flexibility index (Phi) is 3.89. The second-order valence-corrected chi connectivity index (χ2v) is 5.84. The van der Waals surface area contributed by atoms with E-state index < -0.39 is 11.6 Å². The van der Waals surface area contributed by atoms with Gasteiger partial charge in [0.05, 0.1) is 6.54 Å². The third kappa shape index (κ3) is 2.84. The van der Waals surface area contributed by atoms with E-state index in [-0.39, 0.29) is 37.4 Å². The van der Waals surface area contributed by atoms with E-state index in [0.717, 1.165) is 6.42 Å². The van der Waals surface area contributed by atoms with Crippen molar-refractivity contribution in [2.45, 2.75) is 32.4 Å². The van der Waals surface area contributed by atoms with Crippen LogP contribution >= 0.6 is 0 Å². The average molecular weight is 296 g/mol. The van der Waals surface area contributed by atoms with E-state index in [1.807, 2.05) is 0 Å².